The first-order valence-electron chi connectivity index (χ1n) is 8.51. The number of anilines is 2. The molecule has 1 atom stereocenters. The number of benzene rings is 1. The highest BCUT2D eigenvalue weighted by atomic mass is 16.5. The fraction of sp³-hybridized carbons (Fsp3) is 0.389. The maximum Gasteiger partial charge on any atom is 0.248 e. The smallest absolute Gasteiger partial charge is 0.248 e. The lowest BCUT2D eigenvalue weighted by molar-refractivity contribution is -0.105. The first-order chi connectivity index (χ1) is 12.6. The second-order valence-electron chi connectivity index (χ2n) is 6.27. The van der Waals surface area contributed by atoms with Gasteiger partial charge in [-0.15, -0.1) is 6.58 Å². The van der Waals surface area contributed by atoms with Crippen molar-refractivity contribution in [3.8, 4) is 0 Å². The lowest BCUT2D eigenvalue weighted by Gasteiger charge is -2.36. The minimum atomic E-state index is -0.507. The SMILES string of the molecule is C=CCC1CN(CCCOC)c2cc(C(N)=O)cc3nc(NC=O)n1c23. The molecule has 3 rings (SSSR count). The molecule has 1 aromatic heterocycles. The van der Waals surface area contributed by atoms with Gasteiger partial charge in [-0.2, -0.15) is 0 Å². The number of nitrogens with one attached hydrogen (secondary N) is 1. The van der Waals surface area contributed by atoms with Crippen LogP contribution in [0.15, 0.2) is 24.8 Å². The van der Waals surface area contributed by atoms with Crippen molar-refractivity contribution in [1.82, 2.24) is 9.55 Å². The molecular formula is C18H23N5O3. The van der Waals surface area contributed by atoms with Gasteiger partial charge in [0.15, 0.2) is 0 Å². The fourth-order valence-electron chi connectivity index (χ4n) is 3.52. The van der Waals surface area contributed by atoms with Gasteiger partial charge in [0.05, 0.1) is 22.8 Å². The summed E-state index contributed by atoms with van der Waals surface area (Å²) in [6, 6.07) is 3.54. The summed E-state index contributed by atoms with van der Waals surface area (Å²) in [6.07, 6.45) is 4.05. The van der Waals surface area contributed by atoms with Gasteiger partial charge < -0.3 is 19.9 Å². The number of methoxy groups -OCH3 is 1. The van der Waals surface area contributed by atoms with Gasteiger partial charge in [0.1, 0.15) is 0 Å². The second-order valence-corrected chi connectivity index (χ2v) is 6.27. The van der Waals surface area contributed by atoms with E-state index < -0.39 is 5.91 Å². The van der Waals surface area contributed by atoms with Crippen LogP contribution in [-0.2, 0) is 9.53 Å². The number of allylic oxidation sites excluding steroid dienone is 1. The normalized spacial score (nSPS) is 15.9. The van der Waals surface area contributed by atoms with E-state index >= 15 is 0 Å². The van der Waals surface area contributed by atoms with Gasteiger partial charge >= 0.3 is 0 Å². The number of carbonyl (C=O) groups is 2. The maximum absolute atomic E-state index is 11.7. The highest BCUT2D eigenvalue weighted by Crippen LogP contribution is 2.39. The predicted octanol–water partition coefficient (Wildman–Crippen LogP) is 1.68. The van der Waals surface area contributed by atoms with Gasteiger partial charge in [0, 0.05) is 32.4 Å². The molecule has 0 bridgehead atoms. The lowest BCUT2D eigenvalue weighted by Crippen LogP contribution is -2.36. The molecule has 0 saturated carbocycles. The Hall–Kier alpha value is -2.87. The van der Waals surface area contributed by atoms with Crippen molar-refractivity contribution < 1.29 is 14.3 Å². The van der Waals surface area contributed by atoms with E-state index in [9.17, 15) is 9.59 Å². The molecule has 2 heterocycles. The zero-order valence-corrected chi connectivity index (χ0v) is 14.8. The number of rotatable bonds is 9. The standard InChI is InChI=1S/C18H23N5O3/c1-3-5-13-10-22(6-4-7-26-2)15-9-12(17(19)25)8-14-16(15)23(13)18(21-14)20-11-24/h3,8-9,11,13H,1,4-7,10H2,2H3,(H2,19,25)(H,20,21,24). The lowest BCUT2D eigenvalue weighted by atomic mass is 10.0. The summed E-state index contributed by atoms with van der Waals surface area (Å²) >= 11 is 0. The van der Waals surface area contributed by atoms with Crippen molar-refractivity contribution in [3.05, 3.63) is 30.4 Å². The van der Waals surface area contributed by atoms with Crippen LogP contribution in [0.1, 0.15) is 29.2 Å². The van der Waals surface area contributed by atoms with Crippen LogP contribution in [0.25, 0.3) is 11.0 Å². The predicted molar refractivity (Wildman–Crippen MR) is 100 cm³/mol. The third-order valence-corrected chi connectivity index (χ3v) is 4.59. The first kappa shape index (κ1) is 17.9. The monoisotopic (exact) mass is 357 g/mol. The van der Waals surface area contributed by atoms with Gasteiger partial charge in [0.2, 0.25) is 18.3 Å². The maximum atomic E-state index is 11.7. The molecule has 138 valence electrons. The molecule has 8 heteroatoms. The highest BCUT2D eigenvalue weighted by Gasteiger charge is 2.30. The summed E-state index contributed by atoms with van der Waals surface area (Å²) in [6.45, 7) is 5.99. The molecule has 0 aliphatic carbocycles. The molecule has 1 unspecified atom stereocenters. The number of imidazole rings is 1. The zero-order valence-electron chi connectivity index (χ0n) is 14.8. The van der Waals surface area contributed by atoms with Crippen LogP contribution in [0.2, 0.25) is 0 Å². The number of ether oxygens (including phenoxy) is 1. The average Bonchev–Trinajstić information content (AvgIpc) is 2.98. The molecule has 1 aliphatic rings. The van der Waals surface area contributed by atoms with Crippen molar-refractivity contribution in [2.45, 2.75) is 18.9 Å². The van der Waals surface area contributed by atoms with Crippen LogP contribution in [0.5, 0.6) is 0 Å². The van der Waals surface area contributed by atoms with Gasteiger partial charge in [-0.25, -0.2) is 4.98 Å². The Balaban J connectivity index is 2.18. The molecule has 2 aromatic rings. The van der Waals surface area contributed by atoms with Crippen molar-refractivity contribution in [3.63, 3.8) is 0 Å². The van der Waals surface area contributed by atoms with Crippen molar-refractivity contribution in [2.75, 3.05) is 37.0 Å². The number of hydrogen-bond donors (Lipinski definition) is 2. The molecule has 26 heavy (non-hydrogen) atoms. The third kappa shape index (κ3) is 3.15. The average molecular weight is 357 g/mol. The summed E-state index contributed by atoms with van der Waals surface area (Å²) in [7, 11) is 1.68. The Labute approximate surface area is 151 Å². The molecular weight excluding hydrogens is 334 g/mol. The van der Waals surface area contributed by atoms with E-state index in [2.05, 4.69) is 21.8 Å². The van der Waals surface area contributed by atoms with Crippen LogP contribution >= 0.6 is 0 Å². The van der Waals surface area contributed by atoms with Gasteiger partial charge in [-0.3, -0.25) is 14.9 Å². The van der Waals surface area contributed by atoms with E-state index in [-0.39, 0.29) is 6.04 Å². The third-order valence-electron chi connectivity index (χ3n) is 4.59. The quantitative estimate of drug-likeness (QED) is 0.404. The molecule has 0 fully saturated rings. The molecule has 1 aliphatic heterocycles. The number of nitrogens with two attached hydrogens (primary N) is 1. The minimum Gasteiger partial charge on any atom is -0.385 e. The summed E-state index contributed by atoms with van der Waals surface area (Å²) < 4.78 is 7.18. The number of nitrogens with zero attached hydrogens (tertiary/aromatic N) is 3. The van der Waals surface area contributed by atoms with Gasteiger partial charge in [-0.05, 0) is 25.0 Å². The Bertz CT molecular complexity index is 845. The van der Waals surface area contributed by atoms with E-state index in [4.69, 9.17) is 10.5 Å². The number of amides is 2. The summed E-state index contributed by atoms with van der Waals surface area (Å²) in [5.41, 5.74) is 8.29. The molecule has 8 nitrogen and oxygen atoms in total. The fourth-order valence-corrected chi connectivity index (χ4v) is 3.52. The topological polar surface area (TPSA) is 102 Å². The van der Waals surface area contributed by atoms with Crippen molar-refractivity contribution in [1.29, 1.82) is 0 Å². The Morgan fingerprint density at radius 2 is 2.35 bits per heavy atom. The zero-order chi connectivity index (χ0) is 18.7. The molecule has 3 N–H and O–H groups in total. The highest BCUT2D eigenvalue weighted by molar-refractivity contribution is 6.02. The number of carbonyl (C=O) groups excluding carboxylic acids is 2. The molecule has 0 spiro atoms. The number of primary amides is 1. The van der Waals surface area contributed by atoms with E-state index in [0.29, 0.717) is 36.6 Å². The van der Waals surface area contributed by atoms with Crippen LogP contribution < -0.4 is 16.0 Å². The Morgan fingerprint density at radius 3 is 3.00 bits per heavy atom. The van der Waals surface area contributed by atoms with Crippen molar-refractivity contribution in [2.24, 2.45) is 5.73 Å². The second kappa shape index (κ2) is 7.57. The van der Waals surface area contributed by atoms with E-state index in [1.54, 1.807) is 19.2 Å². The van der Waals surface area contributed by atoms with Crippen LogP contribution in [0, 0.1) is 0 Å². The number of hydrogen-bond acceptors (Lipinski definition) is 5. The Kier molecular flexibility index (Phi) is 5.22. The largest absolute Gasteiger partial charge is 0.385 e. The van der Waals surface area contributed by atoms with Crippen LogP contribution in [0.3, 0.4) is 0 Å². The van der Waals surface area contributed by atoms with E-state index in [0.717, 1.165) is 30.6 Å². The van der Waals surface area contributed by atoms with Gasteiger partial charge in [-0.1, -0.05) is 6.08 Å². The summed E-state index contributed by atoms with van der Waals surface area (Å²) in [5, 5.41) is 2.66. The molecule has 0 radical (unpaired) electrons. The van der Waals surface area contributed by atoms with Crippen molar-refractivity contribution >= 4 is 35.0 Å². The molecule has 1 aromatic carbocycles. The van der Waals surface area contributed by atoms with Crippen LogP contribution in [0.4, 0.5) is 11.6 Å². The van der Waals surface area contributed by atoms with E-state index in [1.165, 1.54) is 0 Å². The number of aromatic nitrogens is 2. The van der Waals surface area contributed by atoms with Gasteiger partial charge in [0.25, 0.3) is 0 Å². The molecule has 0 saturated heterocycles. The van der Waals surface area contributed by atoms with E-state index in [1.807, 2.05) is 10.6 Å². The Morgan fingerprint density at radius 1 is 1.54 bits per heavy atom. The summed E-state index contributed by atoms with van der Waals surface area (Å²) in [5.74, 6) is -0.0473. The van der Waals surface area contributed by atoms with Crippen LogP contribution in [-0.4, -0.2) is 48.7 Å². The first-order valence-corrected chi connectivity index (χ1v) is 8.51. The minimum absolute atomic E-state index is 0.0782. The molecule has 2 amide bonds. The summed E-state index contributed by atoms with van der Waals surface area (Å²) in [4.78, 5) is 29.5.